The first kappa shape index (κ1) is 20.8. The SMILES string of the molecule is O=C(Nc1ccc2c(c1)OCCO2)N[C@@H](c1ccccc1)c1nnc(-c2ccc(Cl)cc2)o1. The van der Waals surface area contributed by atoms with Crippen LogP contribution in [-0.2, 0) is 0 Å². The maximum Gasteiger partial charge on any atom is 0.320 e. The van der Waals surface area contributed by atoms with Crippen molar-refractivity contribution in [2.75, 3.05) is 18.5 Å². The highest BCUT2D eigenvalue weighted by atomic mass is 35.5. The molecule has 2 amide bonds. The van der Waals surface area contributed by atoms with Gasteiger partial charge in [0.15, 0.2) is 11.5 Å². The molecule has 3 aromatic carbocycles. The Morgan fingerprint density at radius 1 is 0.909 bits per heavy atom. The van der Waals surface area contributed by atoms with E-state index in [2.05, 4.69) is 20.8 Å². The summed E-state index contributed by atoms with van der Waals surface area (Å²) in [6, 6.07) is 20.6. The molecule has 8 nitrogen and oxygen atoms in total. The third-order valence-corrected chi connectivity index (χ3v) is 5.24. The van der Waals surface area contributed by atoms with Gasteiger partial charge in [0.25, 0.3) is 0 Å². The number of carbonyl (C=O) groups is 1. The molecule has 1 aliphatic heterocycles. The van der Waals surface area contributed by atoms with Crippen LogP contribution in [0.5, 0.6) is 11.5 Å². The van der Waals surface area contributed by atoms with Crippen molar-refractivity contribution in [1.82, 2.24) is 15.5 Å². The highest BCUT2D eigenvalue weighted by molar-refractivity contribution is 6.30. The second kappa shape index (κ2) is 9.22. The molecule has 0 fully saturated rings. The second-order valence-corrected chi connectivity index (χ2v) is 7.69. The van der Waals surface area contributed by atoms with Gasteiger partial charge < -0.3 is 24.5 Å². The van der Waals surface area contributed by atoms with Crippen LogP contribution in [-0.4, -0.2) is 29.4 Å². The Labute approximate surface area is 194 Å². The Kier molecular flexibility index (Phi) is 5.82. The third kappa shape index (κ3) is 4.75. The van der Waals surface area contributed by atoms with Crippen molar-refractivity contribution in [3.8, 4) is 23.0 Å². The number of amides is 2. The number of carbonyl (C=O) groups excluding carboxylic acids is 1. The molecule has 5 rings (SSSR count). The lowest BCUT2D eigenvalue weighted by molar-refractivity contribution is 0.171. The van der Waals surface area contributed by atoms with Gasteiger partial charge in [0.05, 0.1) is 0 Å². The summed E-state index contributed by atoms with van der Waals surface area (Å²) in [4.78, 5) is 12.9. The fourth-order valence-corrected chi connectivity index (χ4v) is 3.54. The molecule has 166 valence electrons. The summed E-state index contributed by atoms with van der Waals surface area (Å²) in [6.45, 7) is 0.965. The minimum atomic E-state index is -0.656. The molecular formula is C24H19ClN4O4. The normalized spacial score (nSPS) is 13.2. The van der Waals surface area contributed by atoms with E-state index in [0.29, 0.717) is 41.3 Å². The van der Waals surface area contributed by atoms with Crippen LogP contribution in [0, 0.1) is 0 Å². The summed E-state index contributed by atoms with van der Waals surface area (Å²) >= 11 is 5.96. The Bertz CT molecular complexity index is 1260. The summed E-state index contributed by atoms with van der Waals surface area (Å²) in [5.41, 5.74) is 2.09. The van der Waals surface area contributed by atoms with Crippen molar-refractivity contribution < 1.29 is 18.7 Å². The van der Waals surface area contributed by atoms with Crippen molar-refractivity contribution in [3.63, 3.8) is 0 Å². The molecule has 1 aliphatic rings. The molecule has 2 N–H and O–H groups in total. The maximum atomic E-state index is 12.9. The zero-order valence-corrected chi connectivity index (χ0v) is 18.1. The lowest BCUT2D eigenvalue weighted by Gasteiger charge is -2.20. The molecule has 1 atom stereocenters. The standard InChI is InChI=1S/C24H19ClN4O4/c25-17-8-6-16(7-9-17)22-28-29-23(33-22)21(15-4-2-1-3-5-15)27-24(30)26-18-10-11-19-20(14-18)32-13-12-31-19/h1-11,14,21H,12-13H2,(H2,26,27,30)/t21-/m0/s1. The Morgan fingerprint density at radius 2 is 1.67 bits per heavy atom. The number of rotatable bonds is 5. The Morgan fingerprint density at radius 3 is 2.45 bits per heavy atom. The van der Waals surface area contributed by atoms with Gasteiger partial charge in [0.2, 0.25) is 11.8 Å². The molecule has 1 aromatic heterocycles. The second-order valence-electron chi connectivity index (χ2n) is 7.25. The van der Waals surface area contributed by atoms with Crippen molar-refractivity contribution in [2.45, 2.75) is 6.04 Å². The van der Waals surface area contributed by atoms with Crippen LogP contribution in [0.1, 0.15) is 17.5 Å². The van der Waals surface area contributed by atoms with Gasteiger partial charge in [-0.15, -0.1) is 10.2 Å². The fourth-order valence-electron chi connectivity index (χ4n) is 3.41. The average Bonchev–Trinajstić information content (AvgIpc) is 3.33. The molecule has 0 unspecified atom stereocenters. The van der Waals surface area contributed by atoms with E-state index in [4.69, 9.17) is 25.5 Å². The molecule has 0 bridgehead atoms. The number of halogens is 1. The number of benzene rings is 3. The van der Waals surface area contributed by atoms with E-state index in [1.807, 2.05) is 30.3 Å². The van der Waals surface area contributed by atoms with E-state index in [1.165, 1.54) is 0 Å². The first-order chi connectivity index (χ1) is 16.2. The molecular weight excluding hydrogens is 444 g/mol. The topological polar surface area (TPSA) is 98.5 Å². The molecule has 4 aromatic rings. The summed E-state index contributed by atoms with van der Waals surface area (Å²) in [7, 11) is 0. The zero-order chi connectivity index (χ0) is 22.6. The van der Waals surface area contributed by atoms with Gasteiger partial charge in [-0.05, 0) is 42.0 Å². The number of ether oxygens (including phenoxy) is 2. The highest BCUT2D eigenvalue weighted by Gasteiger charge is 2.24. The molecule has 9 heteroatoms. The Balaban J connectivity index is 1.37. The number of hydrogen-bond donors (Lipinski definition) is 2. The van der Waals surface area contributed by atoms with E-state index in [1.54, 1.807) is 42.5 Å². The summed E-state index contributed by atoms with van der Waals surface area (Å²) in [5.74, 6) is 1.82. The minimum Gasteiger partial charge on any atom is -0.486 e. The average molecular weight is 463 g/mol. The van der Waals surface area contributed by atoms with Crippen LogP contribution < -0.4 is 20.1 Å². The van der Waals surface area contributed by atoms with Gasteiger partial charge in [-0.1, -0.05) is 41.9 Å². The van der Waals surface area contributed by atoms with Crippen molar-refractivity contribution in [1.29, 1.82) is 0 Å². The lowest BCUT2D eigenvalue weighted by atomic mass is 10.1. The van der Waals surface area contributed by atoms with E-state index in [-0.39, 0.29) is 5.89 Å². The molecule has 0 saturated carbocycles. The highest BCUT2D eigenvalue weighted by Crippen LogP contribution is 2.33. The first-order valence-electron chi connectivity index (χ1n) is 10.3. The predicted octanol–water partition coefficient (Wildman–Crippen LogP) is 5.07. The van der Waals surface area contributed by atoms with Gasteiger partial charge >= 0.3 is 6.03 Å². The molecule has 33 heavy (non-hydrogen) atoms. The van der Waals surface area contributed by atoms with Crippen LogP contribution in [0.25, 0.3) is 11.5 Å². The summed E-state index contributed by atoms with van der Waals surface area (Å²) < 4.78 is 17.0. The zero-order valence-electron chi connectivity index (χ0n) is 17.3. The molecule has 0 spiro atoms. The Hall–Kier alpha value is -4.04. The van der Waals surface area contributed by atoms with Gasteiger partial charge in [-0.25, -0.2) is 4.79 Å². The van der Waals surface area contributed by atoms with Gasteiger partial charge in [-0.3, -0.25) is 0 Å². The number of anilines is 1. The number of nitrogens with zero attached hydrogens (tertiary/aromatic N) is 2. The van der Waals surface area contributed by atoms with Crippen LogP contribution in [0.15, 0.2) is 77.2 Å². The number of hydrogen-bond acceptors (Lipinski definition) is 6. The smallest absolute Gasteiger partial charge is 0.320 e. The van der Waals surface area contributed by atoms with Crippen molar-refractivity contribution >= 4 is 23.3 Å². The van der Waals surface area contributed by atoms with Gasteiger partial charge in [0.1, 0.15) is 19.3 Å². The van der Waals surface area contributed by atoms with Crippen LogP contribution in [0.3, 0.4) is 0 Å². The molecule has 0 saturated heterocycles. The summed E-state index contributed by atoms with van der Waals surface area (Å²) in [6.07, 6.45) is 0. The molecule has 0 radical (unpaired) electrons. The van der Waals surface area contributed by atoms with Crippen molar-refractivity contribution in [2.24, 2.45) is 0 Å². The number of aromatic nitrogens is 2. The molecule has 0 aliphatic carbocycles. The van der Waals surface area contributed by atoms with E-state index < -0.39 is 12.1 Å². The summed E-state index contributed by atoms with van der Waals surface area (Å²) in [5, 5.41) is 14.7. The minimum absolute atomic E-state index is 0.253. The number of fused-ring (bicyclic) bond motifs is 1. The van der Waals surface area contributed by atoms with E-state index in [9.17, 15) is 4.79 Å². The van der Waals surface area contributed by atoms with Crippen LogP contribution in [0.2, 0.25) is 5.02 Å². The largest absolute Gasteiger partial charge is 0.486 e. The predicted molar refractivity (Wildman–Crippen MR) is 123 cm³/mol. The molecule has 2 heterocycles. The van der Waals surface area contributed by atoms with E-state index in [0.717, 1.165) is 11.1 Å². The quantitative estimate of drug-likeness (QED) is 0.429. The van der Waals surface area contributed by atoms with Crippen molar-refractivity contribution in [3.05, 3.63) is 89.3 Å². The van der Waals surface area contributed by atoms with Gasteiger partial charge in [-0.2, -0.15) is 0 Å². The first-order valence-corrected chi connectivity index (χ1v) is 10.6. The fraction of sp³-hybridized carbons (Fsp3) is 0.125. The van der Waals surface area contributed by atoms with Crippen LogP contribution in [0.4, 0.5) is 10.5 Å². The maximum absolute atomic E-state index is 12.9. The lowest BCUT2D eigenvalue weighted by Crippen LogP contribution is -2.33. The third-order valence-electron chi connectivity index (χ3n) is 4.99. The monoisotopic (exact) mass is 462 g/mol. The van der Waals surface area contributed by atoms with Gasteiger partial charge in [0, 0.05) is 22.3 Å². The number of urea groups is 1. The van der Waals surface area contributed by atoms with E-state index >= 15 is 0 Å². The number of nitrogens with one attached hydrogen (secondary N) is 2. The van der Waals surface area contributed by atoms with Crippen LogP contribution >= 0.6 is 11.6 Å².